The van der Waals surface area contributed by atoms with Crippen LogP contribution in [0.5, 0.6) is 0 Å². The minimum atomic E-state index is -0.188. The second-order valence-electron chi connectivity index (χ2n) is 6.28. The van der Waals surface area contributed by atoms with Crippen molar-refractivity contribution in [2.45, 2.75) is 13.3 Å². The molecule has 0 saturated carbocycles. The monoisotopic (exact) mass is 464 g/mol. The van der Waals surface area contributed by atoms with Crippen LogP contribution in [0.4, 0.5) is 4.39 Å². The first-order valence-electron chi connectivity index (χ1n) is 8.66. The molecular weight excluding hydrogens is 434 g/mol. The van der Waals surface area contributed by atoms with Gasteiger partial charge in [0.05, 0.1) is 13.2 Å². The number of guanidine groups is 1. The van der Waals surface area contributed by atoms with Crippen LogP contribution in [0, 0.1) is 11.7 Å². The van der Waals surface area contributed by atoms with Gasteiger partial charge < -0.3 is 15.4 Å². The van der Waals surface area contributed by atoms with E-state index in [2.05, 4.69) is 27.4 Å². The maximum atomic E-state index is 13.2. The molecule has 2 rings (SSSR count). The summed E-state index contributed by atoms with van der Waals surface area (Å²) in [7, 11) is 1.77. The average Bonchev–Trinajstić information content (AvgIpc) is 2.59. The Morgan fingerprint density at radius 1 is 1.32 bits per heavy atom. The number of nitrogens with zero attached hydrogens (tertiary/aromatic N) is 2. The van der Waals surface area contributed by atoms with Crippen molar-refractivity contribution in [3.63, 3.8) is 0 Å². The van der Waals surface area contributed by atoms with Crippen molar-refractivity contribution in [3.05, 3.63) is 35.6 Å². The number of halogens is 2. The maximum Gasteiger partial charge on any atom is 0.190 e. The topological polar surface area (TPSA) is 48.9 Å². The van der Waals surface area contributed by atoms with Gasteiger partial charge in [-0.3, -0.25) is 9.89 Å². The highest BCUT2D eigenvalue weighted by molar-refractivity contribution is 14.0. The molecule has 1 saturated heterocycles. The lowest BCUT2D eigenvalue weighted by atomic mass is 10.1. The van der Waals surface area contributed by atoms with E-state index in [-0.39, 0.29) is 29.8 Å². The summed E-state index contributed by atoms with van der Waals surface area (Å²) in [5, 5.41) is 6.64. The molecule has 142 valence electrons. The van der Waals surface area contributed by atoms with Gasteiger partial charge in [-0.15, -0.1) is 24.0 Å². The molecule has 0 spiro atoms. The number of hydrogen-bond acceptors (Lipinski definition) is 3. The van der Waals surface area contributed by atoms with Gasteiger partial charge in [0.25, 0.3) is 0 Å². The summed E-state index contributed by atoms with van der Waals surface area (Å²) in [5.41, 5.74) is 0.985. The lowest BCUT2D eigenvalue weighted by Gasteiger charge is -2.29. The quantitative estimate of drug-likeness (QED) is 0.369. The Kier molecular flexibility index (Phi) is 11.0. The van der Waals surface area contributed by atoms with Crippen molar-refractivity contribution in [1.82, 2.24) is 15.5 Å². The van der Waals surface area contributed by atoms with Crippen molar-refractivity contribution in [2.24, 2.45) is 10.9 Å². The van der Waals surface area contributed by atoms with Crippen molar-refractivity contribution in [3.8, 4) is 0 Å². The molecule has 5 nitrogen and oxygen atoms in total. The molecule has 0 radical (unpaired) electrons. The van der Waals surface area contributed by atoms with Gasteiger partial charge in [0.1, 0.15) is 5.82 Å². The molecule has 0 aromatic heterocycles. The molecule has 25 heavy (non-hydrogen) atoms. The maximum absolute atomic E-state index is 13.2. The third-order valence-electron chi connectivity index (χ3n) is 4.11. The highest BCUT2D eigenvalue weighted by atomic mass is 127. The van der Waals surface area contributed by atoms with Crippen molar-refractivity contribution in [1.29, 1.82) is 0 Å². The van der Waals surface area contributed by atoms with E-state index in [0.29, 0.717) is 5.92 Å². The summed E-state index contributed by atoms with van der Waals surface area (Å²) in [6, 6.07) is 6.71. The van der Waals surface area contributed by atoms with Gasteiger partial charge in [-0.05, 0) is 30.0 Å². The molecular formula is C18H30FIN4O. The summed E-state index contributed by atoms with van der Waals surface area (Å²) in [5.74, 6) is 1.14. The van der Waals surface area contributed by atoms with Crippen LogP contribution >= 0.6 is 24.0 Å². The summed E-state index contributed by atoms with van der Waals surface area (Å²) < 4.78 is 18.5. The van der Waals surface area contributed by atoms with Gasteiger partial charge in [-0.25, -0.2) is 4.39 Å². The molecule has 0 bridgehead atoms. The normalized spacial score (nSPS) is 16.8. The lowest BCUT2D eigenvalue weighted by Crippen LogP contribution is -2.44. The van der Waals surface area contributed by atoms with Gasteiger partial charge in [-0.1, -0.05) is 19.1 Å². The fraction of sp³-hybridized carbons (Fsp3) is 0.611. The Morgan fingerprint density at radius 2 is 2.08 bits per heavy atom. The number of benzene rings is 1. The first-order chi connectivity index (χ1) is 11.7. The number of nitrogens with one attached hydrogen (secondary N) is 2. The van der Waals surface area contributed by atoms with E-state index in [0.717, 1.165) is 63.9 Å². The Bertz CT molecular complexity index is 524. The second-order valence-corrected chi connectivity index (χ2v) is 6.28. The smallest absolute Gasteiger partial charge is 0.190 e. The highest BCUT2D eigenvalue weighted by Gasteiger charge is 2.13. The molecule has 1 heterocycles. The Balaban J connectivity index is 0.00000312. The van der Waals surface area contributed by atoms with Crippen LogP contribution in [0.1, 0.15) is 12.5 Å². The minimum absolute atomic E-state index is 0. The SMILES string of the molecule is CN=C(NCCc1cccc(F)c1)NCC(C)CN1CCOCC1.I. The molecule has 0 aliphatic carbocycles. The van der Waals surface area contributed by atoms with Crippen LogP contribution in [0.25, 0.3) is 0 Å². The molecule has 1 atom stereocenters. The lowest BCUT2D eigenvalue weighted by molar-refractivity contribution is 0.0320. The number of aliphatic imine (C=N–C) groups is 1. The van der Waals surface area contributed by atoms with E-state index in [1.165, 1.54) is 6.07 Å². The predicted octanol–water partition coefficient (Wildman–Crippen LogP) is 2.12. The van der Waals surface area contributed by atoms with Crippen LogP contribution in [0.15, 0.2) is 29.3 Å². The van der Waals surface area contributed by atoms with Crippen LogP contribution in [0.2, 0.25) is 0 Å². The molecule has 1 aliphatic rings. The van der Waals surface area contributed by atoms with Gasteiger partial charge in [-0.2, -0.15) is 0 Å². The molecule has 7 heteroatoms. The highest BCUT2D eigenvalue weighted by Crippen LogP contribution is 2.04. The third kappa shape index (κ3) is 8.82. The zero-order valence-corrected chi connectivity index (χ0v) is 17.5. The van der Waals surface area contributed by atoms with Gasteiger partial charge in [0.15, 0.2) is 5.96 Å². The van der Waals surface area contributed by atoms with E-state index in [9.17, 15) is 4.39 Å². The summed E-state index contributed by atoms with van der Waals surface area (Å²) in [6.07, 6.45) is 0.766. The molecule has 2 N–H and O–H groups in total. The van der Waals surface area contributed by atoms with Gasteiger partial charge in [0, 0.05) is 39.8 Å². The second kappa shape index (κ2) is 12.4. The predicted molar refractivity (Wildman–Crippen MR) is 111 cm³/mol. The van der Waals surface area contributed by atoms with Crippen molar-refractivity contribution < 1.29 is 9.13 Å². The number of morpholine rings is 1. The van der Waals surface area contributed by atoms with E-state index in [1.807, 2.05) is 6.07 Å². The standard InChI is InChI=1S/C18H29FN4O.HI/c1-15(14-23-8-10-24-11-9-23)13-22-18(20-2)21-7-6-16-4-3-5-17(19)12-16;/h3-5,12,15H,6-11,13-14H2,1-2H3,(H2,20,21,22);1H. The Morgan fingerprint density at radius 3 is 2.76 bits per heavy atom. The largest absolute Gasteiger partial charge is 0.379 e. The van der Waals surface area contributed by atoms with Crippen LogP contribution < -0.4 is 10.6 Å². The summed E-state index contributed by atoms with van der Waals surface area (Å²) in [6.45, 7) is 8.61. The zero-order chi connectivity index (χ0) is 17.2. The van der Waals surface area contributed by atoms with E-state index in [4.69, 9.17) is 4.74 Å². The minimum Gasteiger partial charge on any atom is -0.379 e. The van der Waals surface area contributed by atoms with E-state index >= 15 is 0 Å². The summed E-state index contributed by atoms with van der Waals surface area (Å²) in [4.78, 5) is 6.68. The van der Waals surface area contributed by atoms with Crippen LogP contribution in [-0.2, 0) is 11.2 Å². The number of ether oxygens (including phenoxy) is 1. The third-order valence-corrected chi connectivity index (χ3v) is 4.11. The first-order valence-corrected chi connectivity index (χ1v) is 8.66. The first kappa shape index (κ1) is 22.1. The van der Waals surface area contributed by atoms with Gasteiger partial charge >= 0.3 is 0 Å². The molecule has 0 amide bonds. The molecule has 1 fully saturated rings. The van der Waals surface area contributed by atoms with Crippen LogP contribution in [-0.4, -0.2) is 63.8 Å². The van der Waals surface area contributed by atoms with E-state index in [1.54, 1.807) is 19.2 Å². The molecule has 1 aliphatic heterocycles. The van der Waals surface area contributed by atoms with Gasteiger partial charge in [0.2, 0.25) is 0 Å². The fourth-order valence-corrected chi connectivity index (χ4v) is 2.80. The van der Waals surface area contributed by atoms with Crippen molar-refractivity contribution in [2.75, 3.05) is 53.0 Å². The van der Waals surface area contributed by atoms with Crippen molar-refractivity contribution >= 4 is 29.9 Å². The average molecular weight is 464 g/mol. The summed E-state index contributed by atoms with van der Waals surface area (Å²) >= 11 is 0. The Labute approximate surface area is 167 Å². The molecule has 1 aromatic rings. The van der Waals surface area contributed by atoms with E-state index < -0.39 is 0 Å². The molecule has 1 unspecified atom stereocenters. The Hall–Kier alpha value is -0.930. The number of rotatable bonds is 7. The molecule has 1 aromatic carbocycles. The fourth-order valence-electron chi connectivity index (χ4n) is 2.80. The zero-order valence-electron chi connectivity index (χ0n) is 15.1. The number of hydrogen-bond donors (Lipinski definition) is 2. The van der Waals surface area contributed by atoms with Crippen LogP contribution in [0.3, 0.4) is 0 Å².